The largest absolute Gasteiger partial charge is 0.495 e. The molecule has 3 spiro atoms. The Balaban J connectivity index is 1.79. The number of methoxy groups -OCH3 is 3. The molecule has 0 radical (unpaired) electrons. The van der Waals surface area contributed by atoms with Crippen molar-refractivity contribution in [2.24, 2.45) is 5.41 Å². The average molecular weight is 456 g/mol. The first kappa shape index (κ1) is 20.9. The molecule has 3 saturated carbocycles. The Morgan fingerprint density at radius 3 is 2.61 bits per heavy atom. The number of anilines is 1. The van der Waals surface area contributed by atoms with Crippen LogP contribution in [0.2, 0.25) is 0 Å². The number of rotatable bonds is 2. The Morgan fingerprint density at radius 1 is 1.12 bits per heavy atom. The maximum atomic E-state index is 13.5. The van der Waals surface area contributed by atoms with E-state index in [0.717, 1.165) is 5.56 Å². The molecule has 176 valence electrons. The summed E-state index contributed by atoms with van der Waals surface area (Å²) in [6.45, 7) is 1.40. The molecule has 1 aromatic rings. The van der Waals surface area contributed by atoms with E-state index in [2.05, 4.69) is 4.90 Å². The lowest BCUT2D eigenvalue weighted by atomic mass is 9.37. The van der Waals surface area contributed by atoms with Crippen LogP contribution < -0.4 is 9.64 Å². The number of aliphatic hydroxyl groups is 2. The van der Waals surface area contributed by atoms with E-state index in [0.29, 0.717) is 37.4 Å². The van der Waals surface area contributed by atoms with Crippen molar-refractivity contribution in [2.45, 2.75) is 48.0 Å². The van der Waals surface area contributed by atoms with Crippen LogP contribution in [0.4, 0.5) is 10.5 Å². The molecule has 3 aliphatic heterocycles. The monoisotopic (exact) mass is 456 g/mol. The first-order valence-corrected chi connectivity index (χ1v) is 11.3. The summed E-state index contributed by atoms with van der Waals surface area (Å²) in [5.41, 5.74) is -4.29. The molecular weight excluding hydrogens is 428 g/mol. The molecular formula is C24H28N2O7. The third-order valence-corrected chi connectivity index (χ3v) is 9.25. The number of carbonyl (C=O) groups excluding carboxylic acids is 2. The first-order valence-electron chi connectivity index (χ1n) is 11.3. The Kier molecular flexibility index (Phi) is 3.99. The topological polar surface area (TPSA) is 109 Å². The van der Waals surface area contributed by atoms with Gasteiger partial charge in [0.15, 0.2) is 0 Å². The van der Waals surface area contributed by atoms with Crippen molar-refractivity contribution < 1.29 is 34.0 Å². The van der Waals surface area contributed by atoms with Crippen molar-refractivity contribution >= 4 is 17.7 Å². The zero-order valence-corrected chi connectivity index (χ0v) is 18.9. The van der Waals surface area contributed by atoms with Crippen molar-refractivity contribution in [1.29, 1.82) is 0 Å². The van der Waals surface area contributed by atoms with Gasteiger partial charge in [-0.25, -0.2) is 9.59 Å². The molecule has 9 heteroatoms. The summed E-state index contributed by atoms with van der Waals surface area (Å²) in [4.78, 5) is 30.6. The van der Waals surface area contributed by atoms with Crippen LogP contribution in [0.3, 0.4) is 0 Å². The lowest BCUT2D eigenvalue weighted by molar-refractivity contribution is -0.262. The maximum absolute atomic E-state index is 13.5. The van der Waals surface area contributed by atoms with Gasteiger partial charge in [-0.1, -0.05) is 24.3 Å². The molecule has 1 saturated heterocycles. The fraction of sp³-hybridized carbons (Fsp3) is 0.583. The fourth-order valence-corrected chi connectivity index (χ4v) is 8.42. The van der Waals surface area contributed by atoms with Gasteiger partial charge in [-0.15, -0.1) is 0 Å². The Labute approximate surface area is 191 Å². The molecule has 2 bridgehead atoms. The normalized spacial score (nSPS) is 41.9. The average Bonchev–Trinajstić information content (AvgIpc) is 3.37. The number of nitrogens with zero attached hydrogens (tertiary/aromatic N) is 2. The molecule has 7 rings (SSSR count). The van der Waals surface area contributed by atoms with Gasteiger partial charge in [0.25, 0.3) is 0 Å². The van der Waals surface area contributed by atoms with Gasteiger partial charge in [0.2, 0.25) is 5.60 Å². The number of esters is 1. The summed E-state index contributed by atoms with van der Waals surface area (Å²) in [5, 5.41) is 24.2. The van der Waals surface area contributed by atoms with Crippen LogP contribution in [-0.2, 0) is 19.7 Å². The van der Waals surface area contributed by atoms with Crippen LogP contribution in [0.15, 0.2) is 30.4 Å². The standard InChI is InChI=1S/C24H28N2O7/c1-31-15-7-4-6-14-16(15)26(20(29)33-3)23-10-9-21(18(27)24(23,30)19(28)32-2)8-5-12-25-13-11-22(14,23)17(21)25/h4-8,17-18,27,30H,9-13H2,1-3H3/t17-,18?,21-,22?,23-,24-/m1/s1. The summed E-state index contributed by atoms with van der Waals surface area (Å²) in [6.07, 6.45) is 3.17. The number of fused-ring (bicyclic) bond motifs is 3. The van der Waals surface area contributed by atoms with E-state index in [-0.39, 0.29) is 12.5 Å². The lowest BCUT2D eigenvalue weighted by Crippen LogP contribution is -2.90. The first-order chi connectivity index (χ1) is 15.8. The van der Waals surface area contributed by atoms with Gasteiger partial charge in [-0.05, 0) is 37.4 Å². The molecule has 4 fully saturated rings. The smallest absolute Gasteiger partial charge is 0.414 e. The van der Waals surface area contributed by atoms with Crippen LogP contribution in [0.25, 0.3) is 0 Å². The van der Waals surface area contributed by atoms with Crippen LogP contribution in [0.1, 0.15) is 24.8 Å². The molecule has 2 N–H and O–H groups in total. The molecule has 6 aliphatic rings. The van der Waals surface area contributed by atoms with Crippen LogP contribution in [0.5, 0.6) is 5.75 Å². The minimum absolute atomic E-state index is 0.218. The predicted octanol–water partition coefficient (Wildman–Crippen LogP) is 0.961. The molecule has 6 atom stereocenters. The Hall–Kier alpha value is -2.62. The lowest BCUT2D eigenvalue weighted by Gasteiger charge is -2.72. The molecule has 33 heavy (non-hydrogen) atoms. The zero-order valence-electron chi connectivity index (χ0n) is 18.9. The van der Waals surface area contributed by atoms with Crippen molar-refractivity contribution in [1.82, 2.24) is 4.90 Å². The maximum Gasteiger partial charge on any atom is 0.414 e. The summed E-state index contributed by atoms with van der Waals surface area (Å²) in [7, 11) is 3.98. The van der Waals surface area contributed by atoms with Crippen LogP contribution >= 0.6 is 0 Å². The van der Waals surface area contributed by atoms with E-state index in [1.54, 1.807) is 6.07 Å². The van der Waals surface area contributed by atoms with Crippen molar-refractivity contribution in [2.75, 3.05) is 39.3 Å². The highest BCUT2D eigenvalue weighted by Crippen LogP contribution is 2.76. The second-order valence-corrected chi connectivity index (χ2v) is 9.82. The molecule has 3 aliphatic carbocycles. The highest BCUT2D eigenvalue weighted by molar-refractivity contribution is 6.01. The van der Waals surface area contributed by atoms with E-state index in [1.807, 2.05) is 24.3 Å². The summed E-state index contributed by atoms with van der Waals surface area (Å²) >= 11 is 0. The third kappa shape index (κ3) is 1.84. The Morgan fingerprint density at radius 2 is 1.91 bits per heavy atom. The number of para-hydroxylation sites is 1. The van der Waals surface area contributed by atoms with E-state index in [9.17, 15) is 19.8 Å². The van der Waals surface area contributed by atoms with Crippen LogP contribution in [-0.4, -0.2) is 84.9 Å². The number of aliphatic hydroxyl groups excluding tert-OH is 1. The molecule has 3 heterocycles. The minimum atomic E-state index is -2.38. The van der Waals surface area contributed by atoms with E-state index < -0.39 is 40.1 Å². The van der Waals surface area contributed by atoms with Crippen molar-refractivity contribution in [3.8, 4) is 5.75 Å². The number of hydrogen-bond acceptors (Lipinski definition) is 8. The van der Waals surface area contributed by atoms with Gasteiger partial charge in [0.05, 0.1) is 27.0 Å². The Bertz CT molecular complexity index is 1110. The van der Waals surface area contributed by atoms with Gasteiger partial charge in [0, 0.05) is 23.4 Å². The number of amides is 1. The van der Waals surface area contributed by atoms with E-state index in [1.165, 1.54) is 26.2 Å². The molecule has 0 aromatic heterocycles. The molecule has 2 unspecified atom stereocenters. The predicted molar refractivity (Wildman–Crippen MR) is 116 cm³/mol. The highest BCUT2D eigenvalue weighted by atomic mass is 16.6. The van der Waals surface area contributed by atoms with Gasteiger partial charge >= 0.3 is 12.1 Å². The van der Waals surface area contributed by atoms with E-state index >= 15 is 0 Å². The van der Waals surface area contributed by atoms with E-state index in [4.69, 9.17) is 14.2 Å². The third-order valence-electron chi connectivity index (χ3n) is 9.25. The van der Waals surface area contributed by atoms with Gasteiger partial charge in [0.1, 0.15) is 17.4 Å². The van der Waals surface area contributed by atoms with Gasteiger partial charge < -0.3 is 24.4 Å². The number of ether oxygens (including phenoxy) is 3. The number of carbonyl (C=O) groups is 2. The second-order valence-electron chi connectivity index (χ2n) is 9.82. The zero-order chi connectivity index (χ0) is 23.4. The molecule has 1 aromatic carbocycles. The number of benzene rings is 1. The van der Waals surface area contributed by atoms with Crippen LogP contribution in [0, 0.1) is 5.41 Å². The molecule has 1 amide bonds. The summed E-state index contributed by atoms with van der Waals surface area (Å²) < 4.78 is 16.0. The van der Waals surface area contributed by atoms with Crippen molar-refractivity contribution in [3.63, 3.8) is 0 Å². The van der Waals surface area contributed by atoms with Crippen molar-refractivity contribution in [3.05, 3.63) is 35.9 Å². The highest BCUT2D eigenvalue weighted by Gasteiger charge is 2.89. The summed E-state index contributed by atoms with van der Waals surface area (Å²) in [5.74, 6) is -0.509. The van der Waals surface area contributed by atoms with Gasteiger partial charge in [-0.2, -0.15) is 0 Å². The number of hydrogen-bond donors (Lipinski definition) is 2. The quantitative estimate of drug-likeness (QED) is 0.501. The fourth-order valence-electron chi connectivity index (χ4n) is 8.42. The molecule has 9 nitrogen and oxygen atoms in total. The SMILES string of the molecule is COC(=O)N1c2c(OC)cccc2C23CCN4CC=C[C@@]5(CC[C@@]12[C@](O)(C(=O)OC)C5O)[C@@H]43. The minimum Gasteiger partial charge on any atom is -0.495 e. The second kappa shape index (κ2) is 6.28. The summed E-state index contributed by atoms with van der Waals surface area (Å²) in [6, 6.07) is 5.35. The van der Waals surface area contributed by atoms with Gasteiger partial charge in [-0.3, -0.25) is 9.80 Å².